The number of nitrogens with one attached hydrogen (secondary N) is 1. The van der Waals surface area contributed by atoms with Gasteiger partial charge in [0.05, 0.1) is 12.7 Å². The van der Waals surface area contributed by atoms with E-state index in [1.165, 1.54) is 5.56 Å². The molecule has 1 atom stereocenters. The van der Waals surface area contributed by atoms with Gasteiger partial charge in [0.15, 0.2) is 5.96 Å². The van der Waals surface area contributed by atoms with Gasteiger partial charge in [0, 0.05) is 63.0 Å². The Morgan fingerprint density at radius 2 is 2.21 bits per heavy atom. The van der Waals surface area contributed by atoms with Crippen molar-refractivity contribution in [3.8, 4) is 5.82 Å². The van der Waals surface area contributed by atoms with Crippen LogP contribution in [0.1, 0.15) is 36.2 Å². The molecular weight excluding hydrogens is 364 g/mol. The molecule has 1 aliphatic heterocycles. The number of nitrogens with zero attached hydrogens (tertiary/aromatic N) is 7. The van der Waals surface area contributed by atoms with Crippen molar-refractivity contribution in [1.29, 1.82) is 0 Å². The van der Waals surface area contributed by atoms with Crippen molar-refractivity contribution in [1.82, 2.24) is 34.5 Å². The van der Waals surface area contributed by atoms with Gasteiger partial charge in [0.25, 0.3) is 0 Å². The highest BCUT2D eigenvalue weighted by Gasteiger charge is 2.27. The Morgan fingerprint density at radius 1 is 1.31 bits per heavy atom. The predicted octanol–water partition coefficient (Wildman–Crippen LogP) is 2.26. The molecule has 0 aliphatic carbocycles. The van der Waals surface area contributed by atoms with Crippen LogP contribution in [-0.4, -0.2) is 54.8 Å². The van der Waals surface area contributed by atoms with Gasteiger partial charge in [-0.05, 0) is 31.9 Å². The lowest BCUT2D eigenvalue weighted by Crippen LogP contribution is -2.40. The number of hydrogen-bond acceptors (Lipinski definition) is 4. The summed E-state index contributed by atoms with van der Waals surface area (Å²) in [6.07, 6.45) is 10.8. The van der Waals surface area contributed by atoms with Crippen LogP contribution in [-0.2, 0) is 13.6 Å². The minimum absolute atomic E-state index is 0.495. The maximum Gasteiger partial charge on any atom is 0.194 e. The zero-order valence-corrected chi connectivity index (χ0v) is 17.3. The molecule has 1 unspecified atom stereocenters. The molecule has 0 saturated carbocycles. The second-order valence-corrected chi connectivity index (χ2v) is 7.38. The molecule has 0 spiro atoms. The summed E-state index contributed by atoms with van der Waals surface area (Å²) in [7, 11) is 1.97. The van der Waals surface area contributed by atoms with Crippen LogP contribution in [0, 0.1) is 6.92 Å². The number of imidazole rings is 1. The molecule has 1 fully saturated rings. The second-order valence-electron chi connectivity index (χ2n) is 7.38. The summed E-state index contributed by atoms with van der Waals surface area (Å²) < 4.78 is 3.88. The molecule has 4 rings (SSSR count). The van der Waals surface area contributed by atoms with Crippen molar-refractivity contribution >= 4 is 5.96 Å². The number of guanidine groups is 1. The van der Waals surface area contributed by atoms with E-state index >= 15 is 0 Å². The third-order valence-electron chi connectivity index (χ3n) is 5.34. The van der Waals surface area contributed by atoms with Gasteiger partial charge in [0.1, 0.15) is 11.6 Å². The molecule has 152 valence electrons. The summed E-state index contributed by atoms with van der Waals surface area (Å²) in [5.41, 5.74) is 2.38. The van der Waals surface area contributed by atoms with Gasteiger partial charge < -0.3 is 10.2 Å². The van der Waals surface area contributed by atoms with Crippen LogP contribution in [0.2, 0.25) is 0 Å². The van der Waals surface area contributed by atoms with Crippen molar-refractivity contribution in [3.63, 3.8) is 0 Å². The SMILES string of the molecule is CCNC(=NCc1cccnc1-n1ccnc1C)N1CCC(c2cnn(C)c2)C1. The Morgan fingerprint density at radius 3 is 2.93 bits per heavy atom. The van der Waals surface area contributed by atoms with Crippen LogP contribution in [0.15, 0.2) is 48.1 Å². The minimum atomic E-state index is 0.495. The molecule has 0 amide bonds. The molecule has 29 heavy (non-hydrogen) atoms. The first kappa shape index (κ1) is 19.2. The maximum absolute atomic E-state index is 4.94. The first-order chi connectivity index (χ1) is 14.2. The second kappa shape index (κ2) is 8.46. The zero-order chi connectivity index (χ0) is 20.2. The topological polar surface area (TPSA) is 76.2 Å². The standard InChI is InChI=1S/C21H28N8/c1-4-22-21(28-10-7-18(15-28)19-13-26-27(3)14-19)25-12-17-6-5-8-24-20(17)29-11-9-23-16(29)2/h5-6,8-9,11,13-14,18H,4,7,10,12,15H2,1-3H3,(H,22,25). The van der Waals surface area contributed by atoms with Gasteiger partial charge in [-0.2, -0.15) is 5.10 Å². The minimum Gasteiger partial charge on any atom is -0.357 e. The van der Waals surface area contributed by atoms with E-state index in [9.17, 15) is 0 Å². The van der Waals surface area contributed by atoms with Gasteiger partial charge in [-0.25, -0.2) is 15.0 Å². The maximum atomic E-state index is 4.94. The number of hydrogen-bond donors (Lipinski definition) is 1. The summed E-state index contributed by atoms with van der Waals surface area (Å²) >= 11 is 0. The van der Waals surface area contributed by atoms with Crippen molar-refractivity contribution < 1.29 is 0 Å². The molecule has 1 N–H and O–H groups in total. The highest BCUT2D eigenvalue weighted by Crippen LogP contribution is 2.26. The third-order valence-corrected chi connectivity index (χ3v) is 5.34. The van der Waals surface area contributed by atoms with E-state index in [0.717, 1.165) is 49.2 Å². The predicted molar refractivity (Wildman–Crippen MR) is 113 cm³/mol. The van der Waals surface area contributed by atoms with Crippen LogP contribution in [0.3, 0.4) is 0 Å². The zero-order valence-electron chi connectivity index (χ0n) is 17.3. The smallest absolute Gasteiger partial charge is 0.194 e. The van der Waals surface area contributed by atoms with E-state index < -0.39 is 0 Å². The lowest BCUT2D eigenvalue weighted by atomic mass is 10.0. The van der Waals surface area contributed by atoms with E-state index in [2.05, 4.69) is 44.5 Å². The number of rotatable bonds is 5. The van der Waals surface area contributed by atoms with Gasteiger partial charge >= 0.3 is 0 Å². The molecular formula is C21H28N8. The fourth-order valence-corrected chi connectivity index (χ4v) is 3.83. The Balaban J connectivity index is 1.52. The molecule has 8 heteroatoms. The monoisotopic (exact) mass is 392 g/mol. The summed E-state index contributed by atoms with van der Waals surface area (Å²) in [5, 5.41) is 7.78. The highest BCUT2D eigenvalue weighted by atomic mass is 15.3. The van der Waals surface area contributed by atoms with E-state index in [1.807, 2.05) is 47.9 Å². The van der Waals surface area contributed by atoms with E-state index in [1.54, 1.807) is 6.20 Å². The Bertz CT molecular complexity index is 986. The molecule has 0 radical (unpaired) electrons. The van der Waals surface area contributed by atoms with Gasteiger partial charge in [-0.1, -0.05) is 6.07 Å². The fourth-order valence-electron chi connectivity index (χ4n) is 3.83. The highest BCUT2D eigenvalue weighted by molar-refractivity contribution is 5.80. The molecule has 0 bridgehead atoms. The Labute approximate surface area is 171 Å². The van der Waals surface area contributed by atoms with Crippen LogP contribution in [0.25, 0.3) is 5.82 Å². The molecule has 3 aromatic heterocycles. The number of aryl methyl sites for hydroxylation is 2. The van der Waals surface area contributed by atoms with Crippen LogP contribution >= 0.6 is 0 Å². The quantitative estimate of drug-likeness (QED) is 0.532. The van der Waals surface area contributed by atoms with Crippen molar-refractivity contribution in [2.45, 2.75) is 32.7 Å². The summed E-state index contributed by atoms with van der Waals surface area (Å²) in [6, 6.07) is 4.04. The van der Waals surface area contributed by atoms with Gasteiger partial charge in [-0.15, -0.1) is 0 Å². The average molecular weight is 393 g/mol. The van der Waals surface area contributed by atoms with Gasteiger partial charge in [0.2, 0.25) is 0 Å². The number of pyridine rings is 1. The van der Waals surface area contributed by atoms with Crippen LogP contribution in [0.4, 0.5) is 0 Å². The van der Waals surface area contributed by atoms with E-state index in [0.29, 0.717) is 12.5 Å². The van der Waals surface area contributed by atoms with Crippen molar-refractivity contribution in [2.75, 3.05) is 19.6 Å². The molecule has 1 saturated heterocycles. The fraction of sp³-hybridized carbons (Fsp3) is 0.429. The lowest BCUT2D eigenvalue weighted by Gasteiger charge is -2.21. The van der Waals surface area contributed by atoms with E-state index in [4.69, 9.17) is 4.99 Å². The molecule has 0 aromatic carbocycles. The van der Waals surface area contributed by atoms with Gasteiger partial charge in [-0.3, -0.25) is 9.25 Å². The number of likely N-dealkylation sites (tertiary alicyclic amines) is 1. The lowest BCUT2D eigenvalue weighted by molar-refractivity contribution is 0.486. The van der Waals surface area contributed by atoms with Crippen LogP contribution in [0.5, 0.6) is 0 Å². The Hall–Kier alpha value is -3.16. The summed E-state index contributed by atoms with van der Waals surface area (Å²) in [4.78, 5) is 16.2. The Kier molecular flexibility index (Phi) is 5.59. The first-order valence-electron chi connectivity index (χ1n) is 10.1. The van der Waals surface area contributed by atoms with Crippen molar-refractivity contribution in [3.05, 3.63) is 60.1 Å². The van der Waals surface area contributed by atoms with Crippen LogP contribution < -0.4 is 5.32 Å². The molecule has 4 heterocycles. The van der Waals surface area contributed by atoms with E-state index in [-0.39, 0.29) is 0 Å². The summed E-state index contributed by atoms with van der Waals surface area (Å²) in [6.45, 7) is 7.44. The first-order valence-corrected chi connectivity index (χ1v) is 10.1. The molecule has 1 aliphatic rings. The normalized spacial score (nSPS) is 17.1. The molecule has 8 nitrogen and oxygen atoms in total. The third kappa shape index (κ3) is 4.16. The largest absolute Gasteiger partial charge is 0.357 e. The number of aliphatic imine (C=N–C) groups is 1. The van der Waals surface area contributed by atoms with Crippen molar-refractivity contribution in [2.24, 2.45) is 12.0 Å². The molecule has 3 aromatic rings. The summed E-state index contributed by atoms with van der Waals surface area (Å²) in [5.74, 6) is 3.25. The number of aromatic nitrogens is 5. The average Bonchev–Trinajstić information content (AvgIpc) is 3.46.